The Labute approximate surface area is 108 Å². The normalized spacial score (nSPS) is 10.2. The van der Waals surface area contributed by atoms with Crippen LogP contribution in [0.2, 0.25) is 0 Å². The average molecular weight is 265 g/mol. The van der Waals surface area contributed by atoms with Crippen molar-refractivity contribution < 1.29 is 9.53 Å². The first-order chi connectivity index (χ1) is 8.19. The van der Waals surface area contributed by atoms with E-state index >= 15 is 0 Å². The van der Waals surface area contributed by atoms with Crippen LogP contribution in [-0.4, -0.2) is 18.1 Å². The molecular weight excluding hydrogens is 254 g/mol. The van der Waals surface area contributed by atoms with Crippen molar-refractivity contribution >= 4 is 29.5 Å². The van der Waals surface area contributed by atoms with Gasteiger partial charge in [-0.15, -0.1) is 11.3 Å². The summed E-state index contributed by atoms with van der Waals surface area (Å²) in [6.07, 6.45) is 2.74. The lowest BCUT2D eigenvalue weighted by molar-refractivity contribution is 0.0600. The molecule has 0 aliphatic heterocycles. The summed E-state index contributed by atoms with van der Waals surface area (Å²) in [7, 11) is 1.38. The van der Waals surface area contributed by atoms with Gasteiger partial charge >= 0.3 is 5.97 Å². The molecule has 0 atom stereocenters. The van der Waals surface area contributed by atoms with E-state index in [9.17, 15) is 4.79 Å². The van der Waals surface area contributed by atoms with Crippen molar-refractivity contribution in [2.24, 2.45) is 0 Å². The fraction of sp³-hybridized carbons (Fsp3) is 0.167. The minimum absolute atomic E-state index is 0.311. The number of esters is 1. The molecule has 1 aromatic carbocycles. The number of carbonyl (C=O) groups is 1. The number of aromatic amines is 1. The molecule has 0 radical (unpaired) electrons. The lowest BCUT2D eigenvalue weighted by Crippen LogP contribution is -2.00. The minimum Gasteiger partial charge on any atom is -0.465 e. The van der Waals surface area contributed by atoms with Crippen LogP contribution in [0.5, 0.6) is 0 Å². The third-order valence-corrected chi connectivity index (χ3v) is 3.52. The molecule has 2 aromatic rings. The molecule has 2 rings (SSSR count). The van der Waals surface area contributed by atoms with Gasteiger partial charge in [0.25, 0.3) is 0 Å². The SMILES string of the molecule is COC(=O)c1ccc(Cc2c[nH]c(=S)s2)cc1. The molecule has 17 heavy (non-hydrogen) atoms. The summed E-state index contributed by atoms with van der Waals surface area (Å²) >= 11 is 6.59. The third-order valence-electron chi connectivity index (χ3n) is 2.33. The molecule has 0 unspecified atom stereocenters. The molecule has 0 aliphatic rings. The molecule has 3 nitrogen and oxygen atoms in total. The van der Waals surface area contributed by atoms with Crippen LogP contribution in [0.1, 0.15) is 20.8 Å². The number of hydrogen-bond acceptors (Lipinski definition) is 4. The lowest BCUT2D eigenvalue weighted by Gasteiger charge is -2.01. The highest BCUT2D eigenvalue weighted by Crippen LogP contribution is 2.15. The fourth-order valence-electron chi connectivity index (χ4n) is 1.48. The zero-order valence-electron chi connectivity index (χ0n) is 9.23. The van der Waals surface area contributed by atoms with Crippen molar-refractivity contribution in [2.45, 2.75) is 6.42 Å². The highest BCUT2D eigenvalue weighted by molar-refractivity contribution is 7.73. The zero-order chi connectivity index (χ0) is 12.3. The Balaban J connectivity index is 2.13. The van der Waals surface area contributed by atoms with Crippen LogP contribution in [0.4, 0.5) is 0 Å². The Morgan fingerprint density at radius 1 is 1.41 bits per heavy atom. The first-order valence-electron chi connectivity index (χ1n) is 5.03. The van der Waals surface area contributed by atoms with Gasteiger partial charge in [-0.05, 0) is 29.9 Å². The molecule has 0 saturated heterocycles. The van der Waals surface area contributed by atoms with Crippen LogP contribution in [0.15, 0.2) is 30.5 Å². The van der Waals surface area contributed by atoms with Gasteiger partial charge in [-0.3, -0.25) is 0 Å². The first-order valence-corrected chi connectivity index (χ1v) is 6.26. The Morgan fingerprint density at radius 2 is 2.12 bits per heavy atom. The number of hydrogen-bond donors (Lipinski definition) is 1. The Kier molecular flexibility index (Phi) is 3.71. The van der Waals surface area contributed by atoms with E-state index in [1.807, 2.05) is 18.3 Å². The van der Waals surface area contributed by atoms with Crippen LogP contribution >= 0.6 is 23.6 Å². The molecule has 0 aliphatic carbocycles. The number of aromatic nitrogens is 1. The molecule has 1 heterocycles. The number of rotatable bonds is 3. The van der Waals surface area contributed by atoms with Gasteiger partial charge in [-0.25, -0.2) is 4.79 Å². The lowest BCUT2D eigenvalue weighted by atomic mass is 10.1. The average Bonchev–Trinajstić information content (AvgIpc) is 2.75. The van der Waals surface area contributed by atoms with Crippen molar-refractivity contribution in [3.8, 4) is 0 Å². The van der Waals surface area contributed by atoms with Crippen LogP contribution < -0.4 is 0 Å². The van der Waals surface area contributed by atoms with Gasteiger partial charge in [0.15, 0.2) is 3.95 Å². The third kappa shape index (κ3) is 3.01. The summed E-state index contributed by atoms with van der Waals surface area (Å²) < 4.78 is 5.43. The Morgan fingerprint density at radius 3 is 2.65 bits per heavy atom. The van der Waals surface area contributed by atoms with Crippen molar-refractivity contribution in [1.29, 1.82) is 0 Å². The molecule has 0 amide bonds. The maximum absolute atomic E-state index is 11.2. The van der Waals surface area contributed by atoms with Gasteiger partial charge < -0.3 is 9.72 Å². The highest BCUT2D eigenvalue weighted by Gasteiger charge is 2.05. The van der Waals surface area contributed by atoms with Gasteiger partial charge in [0.2, 0.25) is 0 Å². The van der Waals surface area contributed by atoms with Crippen molar-refractivity contribution in [1.82, 2.24) is 4.98 Å². The van der Waals surface area contributed by atoms with E-state index < -0.39 is 0 Å². The Hall–Kier alpha value is -1.46. The van der Waals surface area contributed by atoms with Gasteiger partial charge in [0.1, 0.15) is 0 Å². The molecule has 88 valence electrons. The second-order valence-electron chi connectivity index (χ2n) is 3.51. The van der Waals surface area contributed by atoms with Crippen molar-refractivity contribution in [2.75, 3.05) is 7.11 Å². The van der Waals surface area contributed by atoms with E-state index in [1.165, 1.54) is 12.0 Å². The molecule has 1 N–H and O–H groups in total. The standard InChI is InChI=1S/C12H11NO2S2/c1-15-11(14)9-4-2-8(3-5-9)6-10-7-13-12(16)17-10/h2-5,7H,6H2,1H3,(H,13,16). The van der Waals surface area contributed by atoms with Crippen LogP contribution in [0.25, 0.3) is 0 Å². The van der Waals surface area contributed by atoms with Crippen LogP contribution in [-0.2, 0) is 11.2 Å². The molecule has 5 heteroatoms. The number of H-pyrrole nitrogens is 1. The van der Waals surface area contributed by atoms with Crippen molar-refractivity contribution in [3.63, 3.8) is 0 Å². The quantitative estimate of drug-likeness (QED) is 0.684. The first kappa shape index (κ1) is 12.0. The van der Waals surface area contributed by atoms with Gasteiger partial charge in [0, 0.05) is 17.5 Å². The van der Waals surface area contributed by atoms with E-state index in [2.05, 4.69) is 9.72 Å². The minimum atomic E-state index is -0.311. The molecule has 0 fully saturated rings. The Bertz CT molecular complexity index is 569. The zero-order valence-corrected chi connectivity index (χ0v) is 10.9. The maximum atomic E-state index is 11.2. The van der Waals surface area contributed by atoms with E-state index in [1.54, 1.807) is 23.5 Å². The van der Waals surface area contributed by atoms with E-state index in [4.69, 9.17) is 12.2 Å². The highest BCUT2D eigenvalue weighted by atomic mass is 32.1. The molecule has 0 bridgehead atoms. The molecular formula is C12H11NO2S2. The summed E-state index contributed by atoms with van der Waals surface area (Å²) in [5.41, 5.74) is 1.71. The van der Waals surface area contributed by atoms with E-state index in [0.29, 0.717) is 5.56 Å². The van der Waals surface area contributed by atoms with E-state index in [0.717, 1.165) is 15.9 Å². The molecule has 0 saturated carbocycles. The van der Waals surface area contributed by atoms with Gasteiger partial charge in [0.05, 0.1) is 12.7 Å². The predicted octanol–water partition coefficient (Wildman–Crippen LogP) is 3.18. The molecule has 1 aromatic heterocycles. The monoisotopic (exact) mass is 265 g/mol. The van der Waals surface area contributed by atoms with E-state index in [-0.39, 0.29) is 5.97 Å². The summed E-state index contributed by atoms with van der Waals surface area (Å²) in [4.78, 5) is 15.4. The molecule has 0 spiro atoms. The fourth-order valence-corrected chi connectivity index (χ4v) is 2.57. The number of benzene rings is 1. The smallest absolute Gasteiger partial charge is 0.337 e. The van der Waals surface area contributed by atoms with Crippen molar-refractivity contribution in [3.05, 3.63) is 50.4 Å². The second-order valence-corrected chi connectivity index (χ2v) is 5.31. The van der Waals surface area contributed by atoms with Crippen LogP contribution in [0, 0.1) is 3.95 Å². The number of ether oxygens (including phenoxy) is 1. The van der Waals surface area contributed by atoms with Gasteiger partial charge in [-0.2, -0.15) is 0 Å². The number of methoxy groups -OCH3 is 1. The number of nitrogens with one attached hydrogen (secondary N) is 1. The number of thiazole rings is 1. The second kappa shape index (κ2) is 5.25. The van der Waals surface area contributed by atoms with Crippen LogP contribution in [0.3, 0.4) is 0 Å². The topological polar surface area (TPSA) is 42.1 Å². The summed E-state index contributed by atoms with van der Waals surface area (Å²) in [6.45, 7) is 0. The summed E-state index contributed by atoms with van der Waals surface area (Å²) in [5.74, 6) is -0.311. The predicted molar refractivity (Wildman–Crippen MR) is 70.1 cm³/mol. The summed E-state index contributed by atoms with van der Waals surface area (Å²) in [6, 6.07) is 7.39. The largest absolute Gasteiger partial charge is 0.465 e. The summed E-state index contributed by atoms with van der Waals surface area (Å²) in [5, 5.41) is 0. The maximum Gasteiger partial charge on any atom is 0.337 e. The van der Waals surface area contributed by atoms with Gasteiger partial charge in [-0.1, -0.05) is 12.1 Å². The number of carbonyl (C=O) groups excluding carboxylic acids is 1.